The molecule has 0 aliphatic carbocycles. The summed E-state index contributed by atoms with van der Waals surface area (Å²) in [5.41, 5.74) is 1.65. The molecule has 0 unspecified atom stereocenters. The van der Waals surface area contributed by atoms with Crippen LogP contribution in [-0.2, 0) is 26.2 Å². The molecule has 40 heavy (non-hydrogen) atoms. The van der Waals surface area contributed by atoms with Gasteiger partial charge in [0.15, 0.2) is 0 Å². The third-order valence-electron chi connectivity index (χ3n) is 6.17. The Morgan fingerprint density at radius 3 is 2.15 bits per heavy atom. The summed E-state index contributed by atoms with van der Waals surface area (Å²) in [6, 6.07) is 16.6. The normalized spacial score (nSPS) is 12.1. The maximum absolute atomic E-state index is 14.0. The SMILES string of the molecule is COc1ccc(CN(C(=O)CN(c2cc(Cl)ccc2Cl)S(=O)(=O)c2ccc(C)cc2)[C@H](C)C(=O)NC(C)C)cc1. The molecule has 3 aromatic rings. The first kappa shape index (κ1) is 31.3. The summed E-state index contributed by atoms with van der Waals surface area (Å²) in [5.74, 6) is -0.335. The number of hydrogen-bond donors (Lipinski definition) is 1. The van der Waals surface area contributed by atoms with Crippen molar-refractivity contribution in [2.45, 2.75) is 51.2 Å². The van der Waals surface area contributed by atoms with Gasteiger partial charge in [-0.05, 0) is 75.7 Å². The van der Waals surface area contributed by atoms with E-state index in [1.807, 2.05) is 20.8 Å². The fraction of sp³-hybridized carbons (Fsp3) is 0.310. The predicted molar refractivity (Wildman–Crippen MR) is 158 cm³/mol. The van der Waals surface area contributed by atoms with Gasteiger partial charge in [0.1, 0.15) is 18.3 Å². The van der Waals surface area contributed by atoms with Crippen molar-refractivity contribution in [2.75, 3.05) is 18.0 Å². The molecule has 2 amide bonds. The monoisotopic (exact) mass is 605 g/mol. The number of aryl methyl sites for hydroxylation is 1. The predicted octanol–water partition coefficient (Wildman–Crippen LogP) is 5.45. The van der Waals surface area contributed by atoms with E-state index in [4.69, 9.17) is 27.9 Å². The number of hydrogen-bond acceptors (Lipinski definition) is 5. The van der Waals surface area contributed by atoms with Crippen molar-refractivity contribution in [2.24, 2.45) is 0 Å². The number of methoxy groups -OCH3 is 1. The summed E-state index contributed by atoms with van der Waals surface area (Å²) in [7, 11) is -2.71. The topological polar surface area (TPSA) is 96.0 Å². The van der Waals surface area contributed by atoms with Gasteiger partial charge in [-0.25, -0.2) is 8.42 Å². The summed E-state index contributed by atoms with van der Waals surface area (Å²) >= 11 is 12.6. The standard InChI is InChI=1S/C29H33Cl2N3O5S/c1-19(2)32-29(36)21(4)33(17-22-8-11-24(39-5)12-9-22)28(35)18-34(27-16-23(30)10-15-26(27)31)40(37,38)25-13-6-20(3)7-14-25/h6-16,19,21H,17-18H2,1-5H3,(H,32,36)/t21-/m1/s1. The minimum Gasteiger partial charge on any atom is -0.497 e. The highest BCUT2D eigenvalue weighted by Gasteiger charge is 2.33. The van der Waals surface area contributed by atoms with E-state index in [1.165, 1.54) is 35.2 Å². The molecule has 214 valence electrons. The second-order valence-corrected chi connectivity index (χ2v) is 12.3. The van der Waals surface area contributed by atoms with Crippen molar-refractivity contribution in [3.8, 4) is 5.75 Å². The average Bonchev–Trinajstić information content (AvgIpc) is 2.91. The Hall–Kier alpha value is -3.27. The largest absolute Gasteiger partial charge is 0.497 e. The Morgan fingerprint density at radius 2 is 1.57 bits per heavy atom. The molecule has 1 atom stereocenters. The Labute approximate surface area is 245 Å². The molecule has 0 fully saturated rings. The van der Waals surface area contributed by atoms with Crippen LogP contribution in [0.3, 0.4) is 0 Å². The number of anilines is 1. The fourth-order valence-corrected chi connectivity index (χ4v) is 5.80. The van der Waals surface area contributed by atoms with Crippen LogP contribution in [0.5, 0.6) is 5.75 Å². The minimum atomic E-state index is -4.26. The molecular formula is C29H33Cl2N3O5S. The van der Waals surface area contributed by atoms with Crippen LogP contribution in [0.4, 0.5) is 5.69 Å². The summed E-state index contributed by atoms with van der Waals surface area (Å²) in [4.78, 5) is 28.3. The quantitative estimate of drug-likeness (QED) is 0.313. The van der Waals surface area contributed by atoms with Crippen LogP contribution in [0.1, 0.15) is 31.9 Å². The second kappa shape index (κ2) is 13.4. The maximum Gasteiger partial charge on any atom is 0.264 e. The molecule has 0 bridgehead atoms. The molecule has 0 saturated heterocycles. The molecule has 0 aromatic heterocycles. The molecule has 8 nitrogen and oxygen atoms in total. The van der Waals surface area contributed by atoms with Gasteiger partial charge in [-0.3, -0.25) is 13.9 Å². The van der Waals surface area contributed by atoms with Gasteiger partial charge in [0, 0.05) is 17.6 Å². The lowest BCUT2D eigenvalue weighted by Gasteiger charge is -2.32. The summed E-state index contributed by atoms with van der Waals surface area (Å²) < 4.78 is 34.0. The number of benzene rings is 3. The van der Waals surface area contributed by atoms with Crippen LogP contribution in [-0.4, -0.2) is 50.9 Å². The van der Waals surface area contributed by atoms with E-state index in [1.54, 1.807) is 50.4 Å². The van der Waals surface area contributed by atoms with Gasteiger partial charge in [0.25, 0.3) is 10.0 Å². The number of rotatable bonds is 11. The van der Waals surface area contributed by atoms with Crippen molar-refractivity contribution in [1.82, 2.24) is 10.2 Å². The molecular weight excluding hydrogens is 573 g/mol. The van der Waals surface area contributed by atoms with Crippen molar-refractivity contribution in [1.29, 1.82) is 0 Å². The first-order chi connectivity index (χ1) is 18.8. The number of nitrogens with zero attached hydrogens (tertiary/aromatic N) is 2. The average molecular weight is 607 g/mol. The number of carbonyl (C=O) groups excluding carboxylic acids is 2. The van der Waals surface area contributed by atoms with Gasteiger partial charge in [-0.15, -0.1) is 0 Å². The van der Waals surface area contributed by atoms with Crippen molar-refractivity contribution in [3.63, 3.8) is 0 Å². The smallest absolute Gasteiger partial charge is 0.264 e. The van der Waals surface area contributed by atoms with E-state index < -0.39 is 28.5 Å². The highest BCUT2D eigenvalue weighted by atomic mass is 35.5. The maximum atomic E-state index is 14.0. The molecule has 1 N–H and O–H groups in total. The number of nitrogens with one attached hydrogen (secondary N) is 1. The lowest BCUT2D eigenvalue weighted by atomic mass is 10.1. The van der Waals surface area contributed by atoms with Gasteiger partial charge in [0.2, 0.25) is 11.8 Å². The number of halogens is 2. The van der Waals surface area contributed by atoms with E-state index in [2.05, 4.69) is 5.32 Å². The van der Waals surface area contributed by atoms with Crippen LogP contribution < -0.4 is 14.4 Å². The highest BCUT2D eigenvalue weighted by molar-refractivity contribution is 7.92. The zero-order valence-corrected chi connectivity index (χ0v) is 25.3. The number of ether oxygens (including phenoxy) is 1. The van der Waals surface area contributed by atoms with Crippen LogP contribution in [0.2, 0.25) is 10.0 Å². The highest BCUT2D eigenvalue weighted by Crippen LogP contribution is 2.33. The van der Waals surface area contributed by atoms with Crippen molar-refractivity contribution in [3.05, 3.63) is 87.9 Å². The molecule has 0 aliphatic heterocycles. The number of amides is 2. The van der Waals surface area contributed by atoms with Crippen molar-refractivity contribution < 1.29 is 22.7 Å². The molecule has 11 heteroatoms. The van der Waals surface area contributed by atoms with E-state index in [0.717, 1.165) is 15.4 Å². The van der Waals surface area contributed by atoms with Crippen LogP contribution in [0.15, 0.2) is 71.6 Å². The Kier molecular flexibility index (Phi) is 10.5. The van der Waals surface area contributed by atoms with E-state index in [9.17, 15) is 18.0 Å². The Balaban J connectivity index is 2.06. The molecule has 0 heterocycles. The van der Waals surface area contributed by atoms with Crippen LogP contribution in [0.25, 0.3) is 0 Å². The minimum absolute atomic E-state index is 0.0192. The first-order valence-corrected chi connectivity index (χ1v) is 14.8. The molecule has 0 saturated carbocycles. The van der Waals surface area contributed by atoms with Crippen molar-refractivity contribution >= 4 is 50.7 Å². The molecule has 0 radical (unpaired) electrons. The Morgan fingerprint density at radius 1 is 0.950 bits per heavy atom. The third-order valence-corrected chi connectivity index (χ3v) is 8.50. The second-order valence-electron chi connectivity index (χ2n) is 9.63. The summed E-state index contributed by atoms with van der Waals surface area (Å²) in [5, 5.41) is 3.17. The molecule has 3 rings (SSSR count). The van der Waals surface area contributed by atoms with E-state index in [-0.39, 0.29) is 39.1 Å². The van der Waals surface area contributed by atoms with Crippen LogP contribution >= 0.6 is 23.2 Å². The van der Waals surface area contributed by atoms with Gasteiger partial charge in [-0.1, -0.05) is 53.0 Å². The lowest BCUT2D eigenvalue weighted by Crippen LogP contribution is -2.52. The van der Waals surface area contributed by atoms with Gasteiger partial charge >= 0.3 is 0 Å². The zero-order valence-electron chi connectivity index (χ0n) is 23.0. The van der Waals surface area contributed by atoms with Gasteiger partial charge < -0.3 is 15.0 Å². The van der Waals surface area contributed by atoms with Gasteiger partial charge in [0.05, 0.1) is 22.7 Å². The third kappa shape index (κ3) is 7.68. The first-order valence-electron chi connectivity index (χ1n) is 12.6. The summed E-state index contributed by atoms with van der Waals surface area (Å²) in [6.45, 7) is 6.51. The van der Waals surface area contributed by atoms with E-state index >= 15 is 0 Å². The van der Waals surface area contributed by atoms with Crippen LogP contribution in [0, 0.1) is 6.92 Å². The zero-order chi connectivity index (χ0) is 29.6. The van der Waals surface area contributed by atoms with Gasteiger partial charge in [-0.2, -0.15) is 0 Å². The number of sulfonamides is 1. The Bertz CT molecular complexity index is 1450. The fourth-order valence-electron chi connectivity index (χ4n) is 3.94. The summed E-state index contributed by atoms with van der Waals surface area (Å²) in [6.07, 6.45) is 0. The number of carbonyl (C=O) groups is 2. The molecule has 0 spiro atoms. The lowest BCUT2D eigenvalue weighted by molar-refractivity contribution is -0.139. The van der Waals surface area contributed by atoms with E-state index in [0.29, 0.717) is 5.75 Å². The molecule has 3 aromatic carbocycles. The molecule has 0 aliphatic rings.